The molecule has 2 unspecified atom stereocenters. The van der Waals surface area contributed by atoms with Gasteiger partial charge in [-0.15, -0.1) is 0 Å². The van der Waals surface area contributed by atoms with Crippen LogP contribution in [0.3, 0.4) is 0 Å². The van der Waals surface area contributed by atoms with Gasteiger partial charge in [0.15, 0.2) is 9.84 Å². The highest BCUT2D eigenvalue weighted by molar-refractivity contribution is 7.92. The Labute approximate surface area is 109 Å². The van der Waals surface area contributed by atoms with Crippen molar-refractivity contribution in [1.82, 2.24) is 4.90 Å². The molecule has 1 saturated carbocycles. The molecule has 1 amide bonds. The highest BCUT2D eigenvalue weighted by Crippen LogP contribution is 2.26. The predicted octanol–water partition coefficient (Wildman–Crippen LogP) is 0.571. The first kappa shape index (κ1) is 15.4. The second kappa shape index (κ2) is 5.17. The smallest absolute Gasteiger partial charge is 0.243 e. The van der Waals surface area contributed by atoms with Gasteiger partial charge in [0.05, 0.1) is 12.1 Å². The summed E-state index contributed by atoms with van der Waals surface area (Å²) >= 11 is 0. The van der Waals surface area contributed by atoms with E-state index in [-0.39, 0.29) is 6.04 Å². The summed E-state index contributed by atoms with van der Waals surface area (Å²) in [7, 11) is -1.90. The number of rotatable bonds is 3. The lowest BCUT2D eigenvalue weighted by atomic mass is 9.91. The average Bonchev–Trinajstić information content (AvgIpc) is 2.26. The summed E-state index contributed by atoms with van der Waals surface area (Å²) in [4.78, 5) is 13.7. The van der Waals surface area contributed by atoms with Gasteiger partial charge in [-0.2, -0.15) is 0 Å². The molecule has 0 aromatic rings. The maximum atomic E-state index is 12.3. The summed E-state index contributed by atoms with van der Waals surface area (Å²) in [6, 6.07) is -0.271. The third-order valence-electron chi connectivity index (χ3n) is 3.95. The summed E-state index contributed by atoms with van der Waals surface area (Å²) in [5.74, 6) is -0.448. The molecular formula is C12H23NO4S. The third-order valence-corrected chi connectivity index (χ3v) is 5.98. The molecule has 6 heteroatoms. The van der Waals surface area contributed by atoms with Crippen LogP contribution in [-0.2, 0) is 14.6 Å². The van der Waals surface area contributed by atoms with E-state index < -0.39 is 26.6 Å². The number of hydrogen-bond acceptors (Lipinski definition) is 4. The molecule has 1 rings (SSSR count). The van der Waals surface area contributed by atoms with Crippen molar-refractivity contribution in [3.63, 3.8) is 0 Å². The van der Waals surface area contributed by atoms with Gasteiger partial charge in [0, 0.05) is 13.3 Å². The standard InChI is InChI=1S/C12H23NO4S/c1-12(2,18(4,16)17)11(15)13(3)9-7-5-6-8-10(9)14/h9-10,14H,5-8H2,1-4H3. The fourth-order valence-electron chi connectivity index (χ4n) is 2.28. The van der Waals surface area contributed by atoms with Gasteiger partial charge in [-0.1, -0.05) is 12.8 Å². The first-order valence-corrected chi connectivity index (χ1v) is 8.13. The van der Waals surface area contributed by atoms with E-state index in [1.165, 1.54) is 18.7 Å². The van der Waals surface area contributed by atoms with E-state index in [9.17, 15) is 18.3 Å². The molecule has 0 bridgehead atoms. The fraction of sp³-hybridized carbons (Fsp3) is 0.917. The molecular weight excluding hydrogens is 254 g/mol. The molecule has 1 aliphatic carbocycles. The lowest BCUT2D eigenvalue weighted by Gasteiger charge is -2.38. The second-order valence-electron chi connectivity index (χ2n) is 5.62. The summed E-state index contributed by atoms with van der Waals surface area (Å²) in [6.45, 7) is 2.83. The van der Waals surface area contributed by atoms with Gasteiger partial charge < -0.3 is 10.0 Å². The largest absolute Gasteiger partial charge is 0.391 e. The van der Waals surface area contributed by atoms with Crippen LogP contribution < -0.4 is 0 Å². The van der Waals surface area contributed by atoms with Crippen LogP contribution in [0.15, 0.2) is 0 Å². The number of amides is 1. The zero-order valence-electron chi connectivity index (χ0n) is 11.5. The number of aliphatic hydroxyl groups excluding tert-OH is 1. The van der Waals surface area contributed by atoms with Crippen molar-refractivity contribution in [1.29, 1.82) is 0 Å². The van der Waals surface area contributed by atoms with Crippen molar-refractivity contribution in [3.05, 3.63) is 0 Å². The quantitative estimate of drug-likeness (QED) is 0.818. The van der Waals surface area contributed by atoms with Gasteiger partial charge in [-0.3, -0.25) is 4.79 Å². The van der Waals surface area contributed by atoms with Gasteiger partial charge in [-0.05, 0) is 26.7 Å². The Bertz CT molecular complexity index is 416. The third kappa shape index (κ3) is 2.85. The molecule has 0 aromatic carbocycles. The summed E-state index contributed by atoms with van der Waals surface area (Å²) < 4.78 is 21.9. The first-order valence-electron chi connectivity index (χ1n) is 6.24. The van der Waals surface area contributed by atoms with Crippen molar-refractivity contribution in [3.8, 4) is 0 Å². The van der Waals surface area contributed by atoms with Crippen LogP contribution in [0, 0.1) is 0 Å². The minimum Gasteiger partial charge on any atom is -0.391 e. The van der Waals surface area contributed by atoms with Crippen LogP contribution in [-0.4, -0.2) is 54.5 Å². The number of sulfone groups is 1. The Morgan fingerprint density at radius 2 is 1.78 bits per heavy atom. The van der Waals surface area contributed by atoms with E-state index >= 15 is 0 Å². The molecule has 0 spiro atoms. The molecule has 2 atom stereocenters. The number of carbonyl (C=O) groups excluding carboxylic acids is 1. The zero-order valence-corrected chi connectivity index (χ0v) is 12.3. The zero-order chi connectivity index (χ0) is 14.1. The van der Waals surface area contributed by atoms with Gasteiger partial charge in [0.1, 0.15) is 4.75 Å². The van der Waals surface area contributed by atoms with E-state index in [0.717, 1.165) is 25.5 Å². The normalized spacial score (nSPS) is 25.8. The molecule has 1 N–H and O–H groups in total. The van der Waals surface area contributed by atoms with Gasteiger partial charge in [0.25, 0.3) is 0 Å². The van der Waals surface area contributed by atoms with Gasteiger partial charge >= 0.3 is 0 Å². The molecule has 0 radical (unpaired) electrons. The Kier molecular flexibility index (Phi) is 4.43. The second-order valence-corrected chi connectivity index (χ2v) is 8.18. The van der Waals surface area contributed by atoms with Gasteiger partial charge in [0.2, 0.25) is 5.91 Å². The maximum Gasteiger partial charge on any atom is 0.243 e. The van der Waals surface area contributed by atoms with E-state index in [1.54, 1.807) is 7.05 Å². The number of carbonyl (C=O) groups is 1. The number of nitrogens with zero attached hydrogens (tertiary/aromatic N) is 1. The van der Waals surface area contributed by atoms with Crippen LogP contribution >= 0.6 is 0 Å². The summed E-state index contributed by atoms with van der Waals surface area (Å²) in [5, 5.41) is 9.91. The molecule has 1 fully saturated rings. The van der Waals surface area contributed by atoms with E-state index in [4.69, 9.17) is 0 Å². The lowest BCUT2D eigenvalue weighted by Crippen LogP contribution is -2.55. The minimum atomic E-state index is -3.48. The van der Waals surface area contributed by atoms with Crippen molar-refractivity contribution < 1.29 is 18.3 Å². The molecule has 106 valence electrons. The minimum absolute atomic E-state index is 0.271. The van der Waals surface area contributed by atoms with Crippen LogP contribution in [0.1, 0.15) is 39.5 Å². The highest BCUT2D eigenvalue weighted by atomic mass is 32.2. The maximum absolute atomic E-state index is 12.3. The van der Waals surface area contributed by atoms with E-state index in [2.05, 4.69) is 0 Å². The highest BCUT2D eigenvalue weighted by Gasteiger charge is 2.43. The molecule has 1 aliphatic rings. The summed E-state index contributed by atoms with van der Waals surface area (Å²) in [6.07, 6.45) is 3.82. The number of aliphatic hydroxyl groups is 1. The molecule has 5 nitrogen and oxygen atoms in total. The van der Waals surface area contributed by atoms with Crippen LogP contribution in [0.4, 0.5) is 0 Å². The predicted molar refractivity (Wildman–Crippen MR) is 70.0 cm³/mol. The monoisotopic (exact) mass is 277 g/mol. The number of likely N-dealkylation sites (N-methyl/N-ethyl adjacent to an activating group) is 1. The summed E-state index contributed by atoms with van der Waals surface area (Å²) in [5.41, 5.74) is 0. The van der Waals surface area contributed by atoms with E-state index in [1.807, 2.05) is 0 Å². The van der Waals surface area contributed by atoms with Crippen molar-refractivity contribution >= 4 is 15.7 Å². The number of hydrogen-bond donors (Lipinski definition) is 1. The van der Waals surface area contributed by atoms with E-state index in [0.29, 0.717) is 6.42 Å². The molecule has 18 heavy (non-hydrogen) atoms. The fourth-order valence-corrected chi connectivity index (χ4v) is 2.74. The van der Waals surface area contributed by atoms with Crippen molar-refractivity contribution in [2.24, 2.45) is 0 Å². The van der Waals surface area contributed by atoms with Crippen molar-refractivity contribution in [2.45, 2.75) is 56.4 Å². The SMILES string of the molecule is CN(C(=O)C(C)(C)S(C)(=O)=O)C1CCCCC1O. The van der Waals surface area contributed by atoms with Crippen LogP contribution in [0.5, 0.6) is 0 Å². The Morgan fingerprint density at radius 3 is 2.22 bits per heavy atom. The van der Waals surface area contributed by atoms with Gasteiger partial charge in [-0.25, -0.2) is 8.42 Å². The molecule has 0 aliphatic heterocycles. The lowest BCUT2D eigenvalue weighted by molar-refractivity contribution is -0.137. The average molecular weight is 277 g/mol. The Balaban J connectivity index is 2.90. The van der Waals surface area contributed by atoms with Crippen LogP contribution in [0.2, 0.25) is 0 Å². The molecule has 0 heterocycles. The van der Waals surface area contributed by atoms with Crippen LogP contribution in [0.25, 0.3) is 0 Å². The Morgan fingerprint density at radius 1 is 1.28 bits per heavy atom. The first-order chi connectivity index (χ1) is 8.09. The van der Waals surface area contributed by atoms with Crippen molar-refractivity contribution in [2.75, 3.05) is 13.3 Å². The molecule has 0 saturated heterocycles. The topological polar surface area (TPSA) is 74.7 Å². The molecule has 0 aromatic heterocycles. The Hall–Kier alpha value is -0.620.